The Morgan fingerprint density at radius 2 is 2.11 bits per heavy atom. The van der Waals surface area contributed by atoms with Crippen LogP contribution in [0.4, 0.5) is 10.7 Å². The molecule has 0 unspecified atom stereocenters. The van der Waals surface area contributed by atoms with Crippen molar-refractivity contribution in [3.05, 3.63) is 51.8 Å². The van der Waals surface area contributed by atoms with Crippen LogP contribution in [0.5, 0.6) is 0 Å². The van der Waals surface area contributed by atoms with Crippen molar-refractivity contribution in [1.82, 2.24) is 9.97 Å². The van der Waals surface area contributed by atoms with E-state index in [-0.39, 0.29) is 11.5 Å². The van der Waals surface area contributed by atoms with Gasteiger partial charge in [-0.15, -0.1) is 0 Å². The van der Waals surface area contributed by atoms with Gasteiger partial charge in [0.1, 0.15) is 12.2 Å². The maximum atomic E-state index is 11.5. The van der Waals surface area contributed by atoms with Gasteiger partial charge in [0.15, 0.2) is 5.69 Å². The second kappa shape index (κ2) is 6.82. The number of benzene rings is 1. The summed E-state index contributed by atoms with van der Waals surface area (Å²) in [5.74, 6) is 0.549. The number of halogens is 1. The molecule has 0 saturated carbocycles. The van der Waals surface area contributed by atoms with Crippen molar-refractivity contribution >= 4 is 28.0 Å². The molecular weight excluding hydrogens is 410 g/mol. The number of hydrogen-bond acceptors (Lipinski definition) is 6. The van der Waals surface area contributed by atoms with Crippen molar-refractivity contribution in [2.45, 2.75) is 25.4 Å². The minimum absolute atomic E-state index is 0.164. The highest BCUT2D eigenvalue weighted by atomic mass is 79.9. The van der Waals surface area contributed by atoms with E-state index >= 15 is 0 Å². The highest BCUT2D eigenvalue weighted by molar-refractivity contribution is 9.10. The minimum Gasteiger partial charge on any atom is -0.441 e. The predicted octanol–water partition coefficient (Wildman–Crippen LogP) is 3.09. The van der Waals surface area contributed by atoms with Crippen LogP contribution in [0.15, 0.2) is 34.9 Å². The molecule has 1 atom stereocenters. The molecule has 4 rings (SSSR count). The van der Waals surface area contributed by atoms with Gasteiger partial charge in [-0.2, -0.15) is 5.26 Å². The number of anilines is 1. The lowest BCUT2D eigenvalue weighted by Crippen LogP contribution is -2.44. The molecule has 1 saturated heterocycles. The van der Waals surface area contributed by atoms with E-state index in [1.54, 1.807) is 6.20 Å². The lowest BCUT2D eigenvalue weighted by molar-refractivity contribution is 0.00409. The topological polar surface area (TPSA) is 105 Å². The lowest BCUT2D eigenvalue weighted by atomic mass is 9.74. The summed E-state index contributed by atoms with van der Waals surface area (Å²) in [6, 6.07) is 10.1. The molecule has 27 heavy (non-hydrogen) atoms. The van der Waals surface area contributed by atoms with Crippen LogP contribution in [-0.2, 0) is 11.2 Å². The van der Waals surface area contributed by atoms with Gasteiger partial charge in [0.2, 0.25) is 5.95 Å². The number of rotatable bonds is 2. The molecule has 2 aliphatic rings. The minimum atomic E-state index is -0.742. The Kier molecular flexibility index (Phi) is 4.48. The Hall–Kier alpha value is -2.66. The Morgan fingerprint density at radius 1 is 1.37 bits per heavy atom. The van der Waals surface area contributed by atoms with Gasteiger partial charge < -0.3 is 15.4 Å². The monoisotopic (exact) mass is 427 g/mol. The zero-order valence-corrected chi connectivity index (χ0v) is 16.1. The first-order valence-corrected chi connectivity index (χ1v) is 9.53. The summed E-state index contributed by atoms with van der Waals surface area (Å²) in [4.78, 5) is 22.3. The Morgan fingerprint density at radius 3 is 2.81 bits per heavy atom. The maximum absolute atomic E-state index is 11.5. The standard InChI is InChI=1S/C19H18BrN5O2/c20-14-11-23-18(24-15(14)10-21)25-7-5-19(6-8-25)9-12-3-1-2-4-13(12)16(19)27-17(22)26/h1-4,11,16H,5-9H2,(H2,22,26)/t16-/m1/s1. The molecule has 1 aliphatic heterocycles. The van der Waals surface area contributed by atoms with E-state index in [1.165, 1.54) is 5.56 Å². The molecule has 1 aromatic heterocycles. The number of aromatic nitrogens is 2. The van der Waals surface area contributed by atoms with Gasteiger partial charge >= 0.3 is 6.09 Å². The predicted molar refractivity (Wildman–Crippen MR) is 102 cm³/mol. The van der Waals surface area contributed by atoms with Crippen LogP contribution in [0.2, 0.25) is 0 Å². The van der Waals surface area contributed by atoms with Gasteiger partial charge in [0, 0.05) is 24.7 Å². The summed E-state index contributed by atoms with van der Waals surface area (Å²) < 4.78 is 6.15. The number of carbonyl (C=O) groups excluding carboxylic acids is 1. The number of nitrogens with two attached hydrogens (primary N) is 1. The van der Waals surface area contributed by atoms with E-state index in [4.69, 9.17) is 10.5 Å². The Bertz CT molecular complexity index is 934. The lowest BCUT2D eigenvalue weighted by Gasteiger charge is -2.42. The summed E-state index contributed by atoms with van der Waals surface area (Å²) >= 11 is 3.28. The van der Waals surface area contributed by atoms with Crippen molar-refractivity contribution in [2.24, 2.45) is 11.1 Å². The Labute approximate surface area is 165 Å². The normalized spacial score (nSPS) is 20.1. The zero-order valence-electron chi connectivity index (χ0n) is 14.6. The average Bonchev–Trinajstić information content (AvgIpc) is 2.95. The van der Waals surface area contributed by atoms with Crippen molar-refractivity contribution in [1.29, 1.82) is 5.26 Å². The fourth-order valence-electron chi connectivity index (χ4n) is 4.24. The molecule has 0 bridgehead atoms. The number of nitriles is 1. The number of fused-ring (bicyclic) bond motifs is 1. The zero-order chi connectivity index (χ0) is 19.0. The first-order valence-electron chi connectivity index (χ1n) is 8.74. The van der Waals surface area contributed by atoms with Crippen LogP contribution < -0.4 is 10.6 Å². The molecule has 1 fully saturated rings. The van der Waals surface area contributed by atoms with Crippen LogP contribution >= 0.6 is 15.9 Å². The fraction of sp³-hybridized carbons (Fsp3) is 0.368. The molecule has 138 valence electrons. The highest BCUT2D eigenvalue weighted by Crippen LogP contribution is 2.53. The highest BCUT2D eigenvalue weighted by Gasteiger charge is 2.49. The van der Waals surface area contributed by atoms with Gasteiger partial charge in [0.25, 0.3) is 0 Å². The molecule has 1 spiro atoms. The van der Waals surface area contributed by atoms with E-state index in [0.29, 0.717) is 16.1 Å². The van der Waals surface area contributed by atoms with Crippen LogP contribution in [0.3, 0.4) is 0 Å². The van der Waals surface area contributed by atoms with E-state index in [0.717, 1.165) is 37.9 Å². The average molecular weight is 428 g/mol. The molecule has 7 nitrogen and oxygen atoms in total. The van der Waals surface area contributed by atoms with Gasteiger partial charge in [-0.1, -0.05) is 24.3 Å². The summed E-state index contributed by atoms with van der Waals surface area (Å²) in [7, 11) is 0. The third-order valence-electron chi connectivity index (χ3n) is 5.55. The van der Waals surface area contributed by atoms with E-state index < -0.39 is 6.09 Å². The van der Waals surface area contributed by atoms with Gasteiger partial charge in [-0.05, 0) is 46.3 Å². The van der Waals surface area contributed by atoms with Crippen LogP contribution in [0.25, 0.3) is 0 Å². The summed E-state index contributed by atoms with van der Waals surface area (Å²) in [5.41, 5.74) is 7.78. The van der Waals surface area contributed by atoms with Gasteiger partial charge in [0.05, 0.1) is 4.47 Å². The van der Waals surface area contributed by atoms with Crippen LogP contribution in [-0.4, -0.2) is 29.2 Å². The van der Waals surface area contributed by atoms with E-state index in [2.05, 4.69) is 42.9 Å². The van der Waals surface area contributed by atoms with Gasteiger partial charge in [-0.25, -0.2) is 14.8 Å². The van der Waals surface area contributed by atoms with Crippen molar-refractivity contribution in [2.75, 3.05) is 18.0 Å². The number of hydrogen-bond donors (Lipinski definition) is 1. The van der Waals surface area contributed by atoms with Crippen molar-refractivity contribution in [3.63, 3.8) is 0 Å². The van der Waals surface area contributed by atoms with E-state index in [1.807, 2.05) is 18.2 Å². The number of amides is 1. The largest absolute Gasteiger partial charge is 0.441 e. The van der Waals surface area contributed by atoms with Crippen molar-refractivity contribution in [3.8, 4) is 6.07 Å². The number of ether oxygens (including phenoxy) is 1. The van der Waals surface area contributed by atoms with Crippen LogP contribution in [0.1, 0.15) is 35.8 Å². The number of carbonyl (C=O) groups is 1. The third kappa shape index (κ3) is 3.12. The quantitative estimate of drug-likeness (QED) is 0.788. The molecule has 2 heterocycles. The molecule has 1 amide bonds. The molecule has 2 N–H and O–H groups in total. The molecule has 1 aliphatic carbocycles. The summed E-state index contributed by atoms with van der Waals surface area (Å²) in [5, 5.41) is 9.18. The fourth-order valence-corrected chi connectivity index (χ4v) is 4.52. The molecule has 1 aromatic carbocycles. The molecule has 8 heteroatoms. The number of nitrogens with zero attached hydrogens (tertiary/aromatic N) is 4. The molecule has 2 aromatic rings. The SMILES string of the molecule is N#Cc1nc(N2CCC3(CC2)Cc2ccccc2[C@H]3OC(N)=O)ncc1Br. The Balaban J connectivity index is 1.57. The molecular formula is C19H18BrN5O2. The van der Waals surface area contributed by atoms with Gasteiger partial charge in [-0.3, -0.25) is 0 Å². The smallest absolute Gasteiger partial charge is 0.405 e. The van der Waals surface area contributed by atoms with E-state index in [9.17, 15) is 10.1 Å². The first-order chi connectivity index (χ1) is 13.0. The third-order valence-corrected chi connectivity index (χ3v) is 6.13. The van der Waals surface area contributed by atoms with Crippen molar-refractivity contribution < 1.29 is 9.53 Å². The summed E-state index contributed by atoms with van der Waals surface area (Å²) in [6.07, 6.45) is 3.04. The first kappa shape index (κ1) is 17.7. The maximum Gasteiger partial charge on any atom is 0.405 e. The second-order valence-corrected chi connectivity index (χ2v) is 7.87. The van der Waals surface area contributed by atoms with Crippen LogP contribution in [0, 0.1) is 16.7 Å². The molecule has 0 radical (unpaired) electrons. The second-order valence-electron chi connectivity index (χ2n) is 7.02. The summed E-state index contributed by atoms with van der Waals surface area (Å²) in [6.45, 7) is 1.44. The number of primary amides is 1. The number of piperidine rings is 1.